The van der Waals surface area contributed by atoms with Crippen LogP contribution in [0.3, 0.4) is 0 Å². The molecule has 6 heteroatoms. The SMILES string of the molecule is NC(=O)CCSC=CC(F)(F)F. The summed E-state index contributed by atoms with van der Waals surface area (Å²) in [7, 11) is 0. The lowest BCUT2D eigenvalue weighted by molar-refractivity contribution is -0.117. The van der Waals surface area contributed by atoms with E-state index >= 15 is 0 Å². The minimum atomic E-state index is -4.28. The number of nitrogens with two attached hydrogens (primary N) is 1. The van der Waals surface area contributed by atoms with Crippen LogP contribution in [0.5, 0.6) is 0 Å². The molecule has 0 saturated heterocycles. The topological polar surface area (TPSA) is 43.1 Å². The van der Waals surface area contributed by atoms with Crippen molar-refractivity contribution >= 4 is 17.7 Å². The van der Waals surface area contributed by atoms with Crippen LogP contribution >= 0.6 is 11.8 Å². The molecule has 0 aromatic carbocycles. The van der Waals surface area contributed by atoms with Crippen LogP contribution in [0.1, 0.15) is 6.42 Å². The standard InChI is InChI=1S/C6H8F3NOS/c7-6(8,9)2-4-12-3-1-5(10)11/h2,4H,1,3H2,(H2,10,11). The third-order valence-corrected chi connectivity index (χ3v) is 1.59. The summed E-state index contributed by atoms with van der Waals surface area (Å²) < 4.78 is 34.3. The maximum absolute atomic E-state index is 11.4. The highest BCUT2D eigenvalue weighted by atomic mass is 32.2. The third-order valence-electron chi connectivity index (χ3n) is 0.820. The first-order chi connectivity index (χ1) is 5.42. The molecule has 0 aromatic heterocycles. The summed E-state index contributed by atoms with van der Waals surface area (Å²) in [6.45, 7) is 0. The third kappa shape index (κ3) is 9.35. The number of primary amides is 1. The number of allylic oxidation sites excluding steroid dienone is 1. The summed E-state index contributed by atoms with van der Waals surface area (Å²) in [5.74, 6) is -0.232. The number of halogens is 3. The Labute approximate surface area is 72.0 Å². The maximum Gasteiger partial charge on any atom is 0.410 e. The van der Waals surface area contributed by atoms with E-state index in [1.54, 1.807) is 0 Å². The molecule has 0 rings (SSSR count). The monoisotopic (exact) mass is 199 g/mol. The molecule has 0 heterocycles. The Hall–Kier alpha value is -0.650. The molecule has 70 valence electrons. The number of amides is 1. The Bertz CT molecular complexity index is 178. The molecular weight excluding hydrogens is 191 g/mol. The highest BCUT2D eigenvalue weighted by molar-refractivity contribution is 8.02. The van der Waals surface area contributed by atoms with E-state index in [4.69, 9.17) is 5.73 Å². The van der Waals surface area contributed by atoms with Crippen LogP contribution in [0.25, 0.3) is 0 Å². The molecule has 1 amide bonds. The van der Waals surface area contributed by atoms with Crippen molar-refractivity contribution in [2.75, 3.05) is 5.75 Å². The van der Waals surface area contributed by atoms with E-state index in [9.17, 15) is 18.0 Å². The second kappa shape index (κ2) is 5.08. The molecule has 0 atom stereocenters. The highest BCUT2D eigenvalue weighted by Crippen LogP contribution is 2.18. The number of alkyl halides is 3. The number of carbonyl (C=O) groups excluding carboxylic acids is 1. The van der Waals surface area contributed by atoms with Gasteiger partial charge in [-0.15, -0.1) is 11.8 Å². The van der Waals surface area contributed by atoms with Gasteiger partial charge < -0.3 is 5.73 Å². The van der Waals surface area contributed by atoms with E-state index in [1.807, 2.05) is 0 Å². The summed E-state index contributed by atoms with van der Waals surface area (Å²) in [6, 6.07) is 0. The second-order valence-electron chi connectivity index (χ2n) is 1.93. The van der Waals surface area contributed by atoms with Crippen molar-refractivity contribution in [3.63, 3.8) is 0 Å². The van der Waals surface area contributed by atoms with Crippen molar-refractivity contribution in [2.45, 2.75) is 12.6 Å². The molecule has 0 aliphatic rings. The number of hydrogen-bond acceptors (Lipinski definition) is 2. The van der Waals surface area contributed by atoms with Crippen LogP contribution in [-0.4, -0.2) is 17.8 Å². The summed E-state index contributed by atoms with van der Waals surface area (Å²) in [5, 5.41) is 0.906. The van der Waals surface area contributed by atoms with Gasteiger partial charge in [0, 0.05) is 18.2 Å². The first kappa shape index (κ1) is 11.4. The molecule has 0 aromatic rings. The van der Waals surface area contributed by atoms with E-state index in [-0.39, 0.29) is 18.2 Å². The van der Waals surface area contributed by atoms with Gasteiger partial charge >= 0.3 is 6.18 Å². The second-order valence-corrected chi connectivity index (χ2v) is 2.95. The lowest BCUT2D eigenvalue weighted by Crippen LogP contribution is -2.10. The van der Waals surface area contributed by atoms with Crippen LogP contribution in [0.4, 0.5) is 13.2 Å². The Morgan fingerprint density at radius 3 is 2.50 bits per heavy atom. The van der Waals surface area contributed by atoms with E-state index < -0.39 is 12.1 Å². The van der Waals surface area contributed by atoms with E-state index in [0.717, 1.165) is 17.2 Å². The largest absolute Gasteiger partial charge is 0.410 e. The lowest BCUT2D eigenvalue weighted by atomic mass is 10.5. The minimum absolute atomic E-state index is 0.0901. The molecule has 12 heavy (non-hydrogen) atoms. The Kier molecular flexibility index (Phi) is 4.80. The molecular formula is C6H8F3NOS. The van der Waals surface area contributed by atoms with E-state index in [2.05, 4.69) is 0 Å². The average molecular weight is 199 g/mol. The predicted molar refractivity (Wildman–Crippen MR) is 41.5 cm³/mol. The lowest BCUT2D eigenvalue weighted by Gasteiger charge is -1.96. The van der Waals surface area contributed by atoms with Crippen molar-refractivity contribution in [2.24, 2.45) is 5.73 Å². The van der Waals surface area contributed by atoms with Crippen molar-refractivity contribution in [1.29, 1.82) is 0 Å². The van der Waals surface area contributed by atoms with Gasteiger partial charge in [-0.2, -0.15) is 13.2 Å². The summed E-state index contributed by atoms with van der Waals surface area (Å²) >= 11 is 0.907. The van der Waals surface area contributed by atoms with Gasteiger partial charge in [-0.1, -0.05) is 0 Å². The molecule has 0 bridgehead atoms. The zero-order valence-electron chi connectivity index (χ0n) is 6.10. The molecule has 0 saturated carbocycles. The van der Waals surface area contributed by atoms with Crippen molar-refractivity contribution in [1.82, 2.24) is 0 Å². The molecule has 2 nitrogen and oxygen atoms in total. The zero-order chi connectivity index (χ0) is 9.61. The average Bonchev–Trinajstić information content (AvgIpc) is 1.83. The number of thioether (sulfide) groups is 1. The fourth-order valence-electron chi connectivity index (χ4n) is 0.353. The molecule has 0 spiro atoms. The van der Waals surface area contributed by atoms with Gasteiger partial charge in [-0.3, -0.25) is 4.79 Å². The Morgan fingerprint density at radius 2 is 2.08 bits per heavy atom. The van der Waals surface area contributed by atoms with Gasteiger partial charge in [0.25, 0.3) is 0 Å². The first-order valence-corrected chi connectivity index (χ1v) is 4.11. The van der Waals surface area contributed by atoms with Gasteiger partial charge in [0.05, 0.1) is 0 Å². The Balaban J connectivity index is 3.43. The first-order valence-electron chi connectivity index (χ1n) is 3.06. The summed E-state index contributed by atoms with van der Waals surface area (Å²) in [5.41, 5.74) is 4.76. The minimum Gasteiger partial charge on any atom is -0.370 e. The summed E-state index contributed by atoms with van der Waals surface area (Å²) in [6.07, 6.45) is -4.06. The molecule has 2 N–H and O–H groups in total. The summed E-state index contributed by atoms with van der Waals surface area (Å²) in [4.78, 5) is 10.1. The van der Waals surface area contributed by atoms with Gasteiger partial charge in [0.15, 0.2) is 0 Å². The fraction of sp³-hybridized carbons (Fsp3) is 0.500. The molecule has 0 unspecified atom stereocenters. The number of hydrogen-bond donors (Lipinski definition) is 1. The van der Waals surface area contributed by atoms with Crippen LogP contribution in [-0.2, 0) is 4.79 Å². The molecule has 0 radical (unpaired) electrons. The predicted octanol–water partition coefficient (Wildman–Crippen LogP) is 1.67. The van der Waals surface area contributed by atoms with Crippen LogP contribution < -0.4 is 5.73 Å². The molecule has 0 aliphatic carbocycles. The molecule has 0 fully saturated rings. The van der Waals surface area contributed by atoms with Gasteiger partial charge in [0.2, 0.25) is 5.91 Å². The highest BCUT2D eigenvalue weighted by Gasteiger charge is 2.21. The fourth-order valence-corrected chi connectivity index (χ4v) is 1.06. The van der Waals surface area contributed by atoms with Crippen molar-refractivity contribution in [3.05, 3.63) is 11.5 Å². The van der Waals surface area contributed by atoms with Gasteiger partial charge in [-0.25, -0.2) is 0 Å². The van der Waals surface area contributed by atoms with Crippen LogP contribution in [0.2, 0.25) is 0 Å². The molecule has 0 aliphatic heterocycles. The number of carbonyl (C=O) groups is 1. The number of rotatable bonds is 4. The maximum atomic E-state index is 11.4. The Morgan fingerprint density at radius 1 is 1.50 bits per heavy atom. The van der Waals surface area contributed by atoms with Crippen LogP contribution in [0.15, 0.2) is 11.5 Å². The smallest absolute Gasteiger partial charge is 0.370 e. The normalized spacial score (nSPS) is 12.2. The van der Waals surface area contributed by atoms with Crippen LogP contribution in [0, 0.1) is 0 Å². The van der Waals surface area contributed by atoms with Gasteiger partial charge in [0.1, 0.15) is 0 Å². The van der Waals surface area contributed by atoms with Crippen molar-refractivity contribution < 1.29 is 18.0 Å². The van der Waals surface area contributed by atoms with Gasteiger partial charge in [-0.05, 0) is 5.41 Å². The van der Waals surface area contributed by atoms with E-state index in [1.165, 1.54) is 0 Å². The van der Waals surface area contributed by atoms with E-state index in [0.29, 0.717) is 0 Å². The quantitative estimate of drug-likeness (QED) is 0.700. The van der Waals surface area contributed by atoms with Crippen molar-refractivity contribution in [3.8, 4) is 0 Å². The zero-order valence-corrected chi connectivity index (χ0v) is 6.91.